The van der Waals surface area contributed by atoms with Gasteiger partial charge in [0.2, 0.25) is 5.91 Å². The predicted octanol–water partition coefficient (Wildman–Crippen LogP) is 6.44. The van der Waals surface area contributed by atoms with Gasteiger partial charge < -0.3 is 10.2 Å². The topological polar surface area (TPSA) is 32.3 Å². The van der Waals surface area contributed by atoms with Gasteiger partial charge in [-0.3, -0.25) is 4.79 Å². The minimum atomic E-state index is 0.0329. The fourth-order valence-electron chi connectivity index (χ4n) is 3.41. The second-order valence-corrected chi connectivity index (χ2v) is 8.35. The Kier molecular flexibility index (Phi) is 5.40. The molecule has 1 amide bonds. The third-order valence-electron chi connectivity index (χ3n) is 4.96. The molecule has 0 radical (unpaired) electrons. The third-order valence-corrected chi connectivity index (χ3v) is 6.09. The molecule has 0 aromatic heterocycles. The van der Waals surface area contributed by atoms with Gasteiger partial charge in [-0.25, -0.2) is 0 Å². The molecule has 3 nitrogen and oxygen atoms in total. The van der Waals surface area contributed by atoms with Gasteiger partial charge in [0.15, 0.2) is 0 Å². The van der Waals surface area contributed by atoms with Crippen molar-refractivity contribution in [2.75, 3.05) is 16.8 Å². The number of nitrogens with zero attached hydrogens (tertiary/aromatic N) is 1. The highest BCUT2D eigenvalue weighted by molar-refractivity contribution is 7.99. The maximum absolute atomic E-state index is 12.6. The van der Waals surface area contributed by atoms with Crippen molar-refractivity contribution in [1.82, 2.24) is 0 Å². The van der Waals surface area contributed by atoms with Gasteiger partial charge in [-0.2, -0.15) is 0 Å². The van der Waals surface area contributed by atoms with Crippen LogP contribution in [0.1, 0.15) is 31.7 Å². The van der Waals surface area contributed by atoms with Crippen LogP contribution in [0.15, 0.2) is 82.6 Å². The number of anilines is 3. The van der Waals surface area contributed by atoms with Crippen molar-refractivity contribution in [2.45, 2.75) is 36.0 Å². The molecular weight excluding hydrogens is 364 g/mol. The van der Waals surface area contributed by atoms with Gasteiger partial charge in [0.1, 0.15) is 0 Å². The van der Waals surface area contributed by atoms with Gasteiger partial charge in [-0.15, -0.1) is 0 Å². The minimum Gasteiger partial charge on any atom is -0.339 e. The van der Waals surface area contributed by atoms with Crippen molar-refractivity contribution in [3.05, 3.63) is 78.4 Å². The maximum atomic E-state index is 12.6. The van der Waals surface area contributed by atoms with Crippen molar-refractivity contribution in [3.8, 4) is 0 Å². The van der Waals surface area contributed by atoms with E-state index in [9.17, 15) is 4.79 Å². The van der Waals surface area contributed by atoms with E-state index in [0.29, 0.717) is 18.9 Å². The molecule has 0 atom stereocenters. The average Bonchev–Trinajstić information content (AvgIpc) is 2.71. The number of carbonyl (C=O) groups excluding carboxylic acids is 1. The first-order valence-corrected chi connectivity index (χ1v) is 10.5. The second-order valence-electron chi connectivity index (χ2n) is 7.26. The summed E-state index contributed by atoms with van der Waals surface area (Å²) in [6, 6.07) is 24.9. The smallest absolute Gasteiger partial charge is 0.226 e. The summed E-state index contributed by atoms with van der Waals surface area (Å²) in [5.74, 6) is 0.521. The van der Waals surface area contributed by atoms with Crippen LogP contribution in [-0.2, 0) is 4.79 Å². The average molecular weight is 389 g/mol. The van der Waals surface area contributed by atoms with Gasteiger partial charge in [0, 0.05) is 28.4 Å². The normalized spacial score (nSPS) is 12.5. The molecule has 1 heterocycles. The Morgan fingerprint density at radius 1 is 0.893 bits per heavy atom. The first kappa shape index (κ1) is 18.6. The van der Waals surface area contributed by atoms with Crippen LogP contribution in [-0.4, -0.2) is 12.5 Å². The van der Waals surface area contributed by atoms with Gasteiger partial charge in [-0.1, -0.05) is 62.0 Å². The van der Waals surface area contributed by atoms with Gasteiger partial charge in [-0.05, 0) is 47.9 Å². The zero-order valence-electron chi connectivity index (χ0n) is 16.2. The van der Waals surface area contributed by atoms with Gasteiger partial charge >= 0.3 is 0 Å². The highest BCUT2D eigenvalue weighted by atomic mass is 32.2. The lowest BCUT2D eigenvalue weighted by molar-refractivity contribution is -0.116. The molecule has 3 aromatic rings. The van der Waals surface area contributed by atoms with Crippen LogP contribution in [0.25, 0.3) is 0 Å². The van der Waals surface area contributed by atoms with Crippen LogP contribution in [0.4, 0.5) is 17.1 Å². The molecule has 0 saturated carbocycles. The van der Waals surface area contributed by atoms with Crippen molar-refractivity contribution in [1.29, 1.82) is 0 Å². The Bertz CT molecular complexity index is 936. The fraction of sp³-hybridized carbons (Fsp3) is 0.208. The fourth-order valence-corrected chi connectivity index (χ4v) is 4.51. The molecule has 4 rings (SSSR count). The van der Waals surface area contributed by atoms with Crippen LogP contribution < -0.4 is 10.2 Å². The molecule has 1 N–H and O–H groups in total. The van der Waals surface area contributed by atoms with E-state index in [1.807, 2.05) is 12.1 Å². The zero-order valence-corrected chi connectivity index (χ0v) is 17.0. The van der Waals surface area contributed by atoms with E-state index in [1.54, 1.807) is 11.8 Å². The van der Waals surface area contributed by atoms with E-state index in [4.69, 9.17) is 0 Å². The van der Waals surface area contributed by atoms with E-state index < -0.39 is 0 Å². The standard InChI is InChI=1S/C24H24N2OS/c1-17(2)18-11-13-19(14-12-18)25-24(27)15-16-26-20-7-3-5-9-22(20)28-23-10-6-4-8-21(23)26/h3-14,17H,15-16H2,1-2H3,(H,25,27). The van der Waals surface area contributed by atoms with Gasteiger partial charge in [0.25, 0.3) is 0 Å². The second kappa shape index (κ2) is 8.11. The van der Waals surface area contributed by atoms with E-state index in [2.05, 4.69) is 84.7 Å². The summed E-state index contributed by atoms with van der Waals surface area (Å²) in [7, 11) is 0. The number of para-hydroxylation sites is 2. The number of benzene rings is 3. The molecule has 1 aliphatic rings. The Balaban J connectivity index is 1.46. The Morgan fingerprint density at radius 3 is 2.04 bits per heavy atom. The lowest BCUT2D eigenvalue weighted by atomic mass is 10.0. The van der Waals surface area contributed by atoms with Crippen molar-refractivity contribution in [2.24, 2.45) is 0 Å². The number of rotatable bonds is 5. The molecule has 4 heteroatoms. The Morgan fingerprint density at radius 2 is 1.46 bits per heavy atom. The molecule has 1 aliphatic heterocycles. The maximum Gasteiger partial charge on any atom is 0.226 e. The third kappa shape index (κ3) is 3.92. The summed E-state index contributed by atoms with van der Waals surface area (Å²) in [6.07, 6.45) is 0.430. The summed E-state index contributed by atoms with van der Waals surface area (Å²) in [4.78, 5) is 17.3. The number of carbonyl (C=O) groups is 1. The molecule has 0 saturated heterocycles. The quantitative estimate of drug-likeness (QED) is 0.546. The number of nitrogens with one attached hydrogen (secondary N) is 1. The van der Waals surface area contributed by atoms with Crippen LogP contribution in [0.2, 0.25) is 0 Å². The molecule has 0 unspecified atom stereocenters. The lowest BCUT2D eigenvalue weighted by Gasteiger charge is -2.32. The number of fused-ring (bicyclic) bond motifs is 2. The van der Waals surface area contributed by atoms with E-state index >= 15 is 0 Å². The summed E-state index contributed by atoms with van der Waals surface area (Å²) in [6.45, 7) is 4.98. The number of hydrogen-bond acceptors (Lipinski definition) is 3. The molecule has 3 aromatic carbocycles. The number of amides is 1. The highest BCUT2D eigenvalue weighted by Crippen LogP contribution is 2.47. The Hall–Kier alpha value is -2.72. The molecule has 0 spiro atoms. The molecule has 28 heavy (non-hydrogen) atoms. The first-order valence-electron chi connectivity index (χ1n) is 9.65. The summed E-state index contributed by atoms with van der Waals surface area (Å²) in [5.41, 5.74) is 4.46. The van der Waals surface area contributed by atoms with E-state index in [0.717, 1.165) is 5.69 Å². The zero-order chi connectivity index (χ0) is 19.5. The van der Waals surface area contributed by atoms with Crippen LogP contribution in [0.5, 0.6) is 0 Å². The SMILES string of the molecule is CC(C)c1ccc(NC(=O)CCN2c3ccccc3Sc3ccccc32)cc1. The lowest BCUT2D eigenvalue weighted by Crippen LogP contribution is -2.25. The largest absolute Gasteiger partial charge is 0.339 e. The molecule has 0 fully saturated rings. The van der Waals surface area contributed by atoms with Gasteiger partial charge in [0.05, 0.1) is 11.4 Å². The minimum absolute atomic E-state index is 0.0329. The number of hydrogen-bond donors (Lipinski definition) is 1. The summed E-state index contributed by atoms with van der Waals surface area (Å²) < 4.78 is 0. The first-order chi connectivity index (χ1) is 13.6. The van der Waals surface area contributed by atoms with Crippen molar-refractivity contribution >= 4 is 34.7 Å². The summed E-state index contributed by atoms with van der Waals surface area (Å²) in [5, 5.41) is 3.02. The highest BCUT2D eigenvalue weighted by Gasteiger charge is 2.23. The van der Waals surface area contributed by atoms with Crippen molar-refractivity contribution < 1.29 is 4.79 Å². The molecule has 0 bridgehead atoms. The molecule has 142 valence electrons. The van der Waals surface area contributed by atoms with Crippen LogP contribution in [0.3, 0.4) is 0 Å². The van der Waals surface area contributed by atoms with Crippen molar-refractivity contribution in [3.63, 3.8) is 0 Å². The monoisotopic (exact) mass is 388 g/mol. The molecular formula is C24H24N2OS. The predicted molar refractivity (Wildman–Crippen MR) is 118 cm³/mol. The summed E-state index contributed by atoms with van der Waals surface area (Å²) >= 11 is 1.78. The van der Waals surface area contributed by atoms with Crippen LogP contribution in [0, 0.1) is 0 Å². The molecule has 0 aliphatic carbocycles. The van der Waals surface area contributed by atoms with E-state index in [-0.39, 0.29) is 5.91 Å². The van der Waals surface area contributed by atoms with E-state index in [1.165, 1.54) is 26.7 Å². The van der Waals surface area contributed by atoms with Crippen LogP contribution >= 0.6 is 11.8 Å². The Labute approximate surface area is 170 Å².